The quantitative estimate of drug-likeness (QED) is 0.847. The fourth-order valence-corrected chi connectivity index (χ4v) is 3.17. The van der Waals surface area contributed by atoms with Gasteiger partial charge in [-0.25, -0.2) is 4.98 Å². The Labute approximate surface area is 133 Å². The molecular weight excluding hydrogens is 274 g/mol. The fraction of sp³-hybridized carbons (Fsp3) is 0.611. The first kappa shape index (κ1) is 15.5. The van der Waals surface area contributed by atoms with Gasteiger partial charge in [0.05, 0.1) is 30.3 Å². The lowest BCUT2D eigenvalue weighted by Gasteiger charge is -2.32. The van der Waals surface area contributed by atoms with E-state index in [0.717, 1.165) is 38.4 Å². The molecule has 1 aromatic heterocycles. The molecule has 2 heterocycles. The second kappa shape index (κ2) is 6.80. The highest BCUT2D eigenvalue weighted by Gasteiger charge is 2.24. The van der Waals surface area contributed by atoms with Crippen molar-refractivity contribution in [2.75, 3.05) is 26.3 Å². The van der Waals surface area contributed by atoms with E-state index in [0.29, 0.717) is 12.0 Å². The molecule has 0 spiro atoms. The lowest BCUT2D eigenvalue weighted by Crippen LogP contribution is -2.39. The Bertz CT molecular complexity index is 616. The summed E-state index contributed by atoms with van der Waals surface area (Å²) in [7, 11) is 0. The Morgan fingerprint density at radius 3 is 2.64 bits per heavy atom. The van der Waals surface area contributed by atoms with E-state index in [9.17, 15) is 0 Å². The molecular formula is C18H27N3O. The highest BCUT2D eigenvalue weighted by atomic mass is 16.5. The fourth-order valence-electron chi connectivity index (χ4n) is 3.17. The van der Waals surface area contributed by atoms with Gasteiger partial charge in [0.2, 0.25) is 0 Å². The van der Waals surface area contributed by atoms with E-state index in [1.54, 1.807) is 0 Å². The maximum atomic E-state index is 5.49. The summed E-state index contributed by atoms with van der Waals surface area (Å²) in [5.74, 6) is 1.86. The molecule has 0 saturated carbocycles. The average Bonchev–Trinajstić information content (AvgIpc) is 2.93. The molecule has 0 N–H and O–H groups in total. The minimum atomic E-state index is 0.334. The maximum Gasteiger partial charge on any atom is 0.127 e. The number of rotatable bonds is 5. The minimum Gasteiger partial charge on any atom is -0.379 e. The van der Waals surface area contributed by atoms with E-state index in [1.165, 1.54) is 17.8 Å². The normalized spacial score (nSPS) is 19.4. The van der Waals surface area contributed by atoms with Gasteiger partial charge in [-0.05, 0) is 25.0 Å². The summed E-state index contributed by atoms with van der Waals surface area (Å²) in [5.41, 5.74) is 2.37. The second-order valence-corrected chi connectivity index (χ2v) is 6.41. The maximum absolute atomic E-state index is 5.49. The van der Waals surface area contributed by atoms with Crippen LogP contribution in [0, 0.1) is 5.92 Å². The van der Waals surface area contributed by atoms with E-state index in [-0.39, 0.29) is 0 Å². The molecule has 2 unspecified atom stereocenters. The first-order valence-corrected chi connectivity index (χ1v) is 8.47. The van der Waals surface area contributed by atoms with Crippen molar-refractivity contribution in [1.82, 2.24) is 14.5 Å². The second-order valence-electron chi connectivity index (χ2n) is 6.41. The predicted molar refractivity (Wildman–Crippen MR) is 90.0 cm³/mol. The van der Waals surface area contributed by atoms with Gasteiger partial charge in [-0.3, -0.25) is 4.90 Å². The van der Waals surface area contributed by atoms with Gasteiger partial charge >= 0.3 is 0 Å². The number of hydrogen-bond donors (Lipinski definition) is 0. The number of ether oxygens (including phenoxy) is 1. The van der Waals surface area contributed by atoms with Gasteiger partial charge < -0.3 is 9.30 Å². The van der Waals surface area contributed by atoms with Crippen molar-refractivity contribution in [3.63, 3.8) is 0 Å². The molecule has 4 heteroatoms. The van der Waals surface area contributed by atoms with Crippen molar-refractivity contribution in [2.45, 2.75) is 39.8 Å². The zero-order chi connectivity index (χ0) is 15.5. The molecule has 1 aromatic carbocycles. The van der Waals surface area contributed by atoms with E-state index < -0.39 is 0 Å². The van der Waals surface area contributed by atoms with Crippen LogP contribution in [0.4, 0.5) is 0 Å². The van der Waals surface area contributed by atoms with Crippen molar-refractivity contribution >= 4 is 11.0 Å². The van der Waals surface area contributed by atoms with Gasteiger partial charge in [-0.2, -0.15) is 0 Å². The summed E-state index contributed by atoms with van der Waals surface area (Å²) in [6.07, 6.45) is 1.19. The largest absolute Gasteiger partial charge is 0.379 e. The Morgan fingerprint density at radius 2 is 1.91 bits per heavy atom. The van der Waals surface area contributed by atoms with E-state index in [1.807, 2.05) is 0 Å². The number of nitrogens with zero attached hydrogens (tertiary/aromatic N) is 3. The summed E-state index contributed by atoms with van der Waals surface area (Å²) in [6, 6.07) is 8.84. The van der Waals surface area contributed by atoms with Crippen LogP contribution >= 0.6 is 0 Å². The Morgan fingerprint density at radius 1 is 1.18 bits per heavy atom. The standard InChI is InChI=1S/C18H27N3O/c1-4-14(2)13-21-17-8-6-5-7-16(17)19-18(21)15(3)20-9-11-22-12-10-20/h5-8,14-15H,4,9-13H2,1-3H3. The van der Waals surface area contributed by atoms with Gasteiger partial charge in [0, 0.05) is 19.6 Å². The van der Waals surface area contributed by atoms with Gasteiger partial charge in [-0.1, -0.05) is 32.4 Å². The summed E-state index contributed by atoms with van der Waals surface area (Å²) in [6.45, 7) is 11.5. The molecule has 0 radical (unpaired) electrons. The van der Waals surface area contributed by atoms with Crippen LogP contribution in [0.15, 0.2) is 24.3 Å². The van der Waals surface area contributed by atoms with E-state index in [4.69, 9.17) is 9.72 Å². The number of morpholine rings is 1. The number of hydrogen-bond acceptors (Lipinski definition) is 3. The molecule has 120 valence electrons. The summed E-state index contributed by atoms with van der Waals surface area (Å²) < 4.78 is 7.92. The molecule has 1 aliphatic rings. The number of fused-ring (bicyclic) bond motifs is 1. The molecule has 22 heavy (non-hydrogen) atoms. The van der Waals surface area contributed by atoms with Crippen LogP contribution < -0.4 is 0 Å². The zero-order valence-corrected chi connectivity index (χ0v) is 14.0. The topological polar surface area (TPSA) is 30.3 Å². The number of benzene rings is 1. The summed E-state index contributed by atoms with van der Waals surface area (Å²) in [4.78, 5) is 7.44. The van der Waals surface area contributed by atoms with Gasteiger partial charge in [0.1, 0.15) is 5.82 Å². The lowest BCUT2D eigenvalue weighted by atomic mass is 10.1. The van der Waals surface area contributed by atoms with Crippen LogP contribution in [0.1, 0.15) is 39.1 Å². The first-order chi connectivity index (χ1) is 10.7. The van der Waals surface area contributed by atoms with Crippen molar-refractivity contribution in [2.24, 2.45) is 5.92 Å². The lowest BCUT2D eigenvalue weighted by molar-refractivity contribution is 0.0175. The summed E-state index contributed by atoms with van der Waals surface area (Å²) in [5, 5.41) is 0. The van der Waals surface area contributed by atoms with Crippen molar-refractivity contribution in [3.8, 4) is 0 Å². The van der Waals surface area contributed by atoms with Crippen LogP contribution in [-0.4, -0.2) is 40.8 Å². The van der Waals surface area contributed by atoms with Crippen molar-refractivity contribution < 1.29 is 4.74 Å². The molecule has 2 atom stereocenters. The summed E-state index contributed by atoms with van der Waals surface area (Å²) >= 11 is 0. The van der Waals surface area contributed by atoms with E-state index >= 15 is 0 Å². The molecule has 4 nitrogen and oxygen atoms in total. The van der Waals surface area contributed by atoms with E-state index in [2.05, 4.69) is 54.5 Å². The Kier molecular flexibility index (Phi) is 4.79. The third kappa shape index (κ3) is 3.03. The third-order valence-corrected chi connectivity index (χ3v) is 4.84. The highest BCUT2D eigenvalue weighted by molar-refractivity contribution is 5.76. The zero-order valence-electron chi connectivity index (χ0n) is 14.0. The molecule has 1 saturated heterocycles. The molecule has 0 bridgehead atoms. The third-order valence-electron chi connectivity index (χ3n) is 4.84. The molecule has 3 rings (SSSR count). The monoisotopic (exact) mass is 301 g/mol. The van der Waals surface area contributed by atoms with Crippen molar-refractivity contribution in [1.29, 1.82) is 0 Å². The number of para-hydroxylation sites is 2. The molecule has 0 amide bonds. The van der Waals surface area contributed by atoms with Crippen LogP contribution in [0.2, 0.25) is 0 Å². The minimum absolute atomic E-state index is 0.334. The van der Waals surface area contributed by atoms with Gasteiger partial charge in [0.25, 0.3) is 0 Å². The highest BCUT2D eigenvalue weighted by Crippen LogP contribution is 2.26. The van der Waals surface area contributed by atoms with Crippen LogP contribution in [0.5, 0.6) is 0 Å². The van der Waals surface area contributed by atoms with Crippen molar-refractivity contribution in [3.05, 3.63) is 30.1 Å². The average molecular weight is 301 g/mol. The predicted octanol–water partition coefficient (Wildman–Crippen LogP) is 3.48. The Hall–Kier alpha value is -1.39. The molecule has 2 aromatic rings. The van der Waals surface area contributed by atoms with Gasteiger partial charge in [-0.15, -0.1) is 0 Å². The number of aromatic nitrogens is 2. The SMILES string of the molecule is CCC(C)Cn1c(C(C)N2CCOCC2)nc2ccccc21. The van der Waals surface area contributed by atoms with Crippen LogP contribution in [0.3, 0.4) is 0 Å². The van der Waals surface area contributed by atoms with Gasteiger partial charge in [0.15, 0.2) is 0 Å². The smallest absolute Gasteiger partial charge is 0.127 e. The van der Waals surface area contributed by atoms with Crippen LogP contribution in [-0.2, 0) is 11.3 Å². The first-order valence-electron chi connectivity index (χ1n) is 8.47. The number of imidazole rings is 1. The molecule has 1 fully saturated rings. The van der Waals surface area contributed by atoms with Crippen LogP contribution in [0.25, 0.3) is 11.0 Å². The Balaban J connectivity index is 1.97. The molecule has 1 aliphatic heterocycles. The molecule has 0 aliphatic carbocycles.